The summed E-state index contributed by atoms with van der Waals surface area (Å²) in [6.07, 6.45) is 4.39. The third-order valence-electron chi connectivity index (χ3n) is 7.51. The second-order valence-electron chi connectivity index (χ2n) is 9.65. The van der Waals surface area contributed by atoms with Gasteiger partial charge in [0.05, 0.1) is 5.69 Å². The summed E-state index contributed by atoms with van der Waals surface area (Å²) in [5, 5.41) is 6.29. The monoisotopic (exact) mass is 586 g/mol. The molecule has 38 heavy (non-hydrogen) atoms. The predicted octanol–water partition coefficient (Wildman–Crippen LogP) is 7.73. The molecule has 9 heteroatoms. The van der Waals surface area contributed by atoms with E-state index in [0.29, 0.717) is 17.2 Å². The van der Waals surface area contributed by atoms with Crippen molar-refractivity contribution in [2.24, 2.45) is 0 Å². The van der Waals surface area contributed by atoms with Gasteiger partial charge in [-0.1, -0.05) is 54.4 Å². The number of ether oxygens (including phenoxy) is 1. The fourth-order valence-corrected chi connectivity index (χ4v) is 7.74. The van der Waals surface area contributed by atoms with Crippen molar-refractivity contribution in [2.75, 3.05) is 11.3 Å². The average molecular weight is 588 g/mol. The van der Waals surface area contributed by atoms with Crippen molar-refractivity contribution >= 4 is 51.1 Å². The second kappa shape index (κ2) is 10.9. The summed E-state index contributed by atoms with van der Waals surface area (Å²) >= 11 is 7.37. The summed E-state index contributed by atoms with van der Waals surface area (Å²) in [7, 11) is -3.69. The van der Waals surface area contributed by atoms with Crippen LogP contribution in [0.2, 0.25) is 5.02 Å². The number of sulfonamides is 1. The minimum Gasteiger partial charge on any atom is -0.455 e. The molecule has 2 aliphatic rings. The third kappa shape index (κ3) is 5.06. The molecule has 4 aromatic rings. The van der Waals surface area contributed by atoms with E-state index in [1.54, 1.807) is 35.7 Å². The van der Waals surface area contributed by atoms with Gasteiger partial charge in [-0.3, -0.25) is 4.72 Å². The standard InChI is InChI=1S/C29H27ClN2O3S2.ClH/c30-22-11-9-21(10-12-22)29(15-4-16-29)28-24-19-23(13-8-20(24)14-17-31-28)35-26-6-2-1-5-25(26)32-37(33,34)27-7-3-18-36-27;/h1-3,5-13,18-19,28,31-32H,4,14-17H2;1H. The van der Waals surface area contributed by atoms with Gasteiger partial charge in [0.1, 0.15) is 9.96 Å². The molecule has 2 heterocycles. The van der Waals surface area contributed by atoms with E-state index in [9.17, 15) is 8.42 Å². The first-order valence-electron chi connectivity index (χ1n) is 12.4. The van der Waals surface area contributed by atoms with E-state index in [0.717, 1.165) is 30.8 Å². The first-order valence-corrected chi connectivity index (χ1v) is 15.1. The molecule has 1 aliphatic carbocycles. The van der Waals surface area contributed by atoms with Gasteiger partial charge in [0.2, 0.25) is 0 Å². The predicted molar refractivity (Wildman–Crippen MR) is 157 cm³/mol. The van der Waals surface area contributed by atoms with Gasteiger partial charge < -0.3 is 10.1 Å². The molecule has 0 bridgehead atoms. The molecule has 1 aromatic heterocycles. The normalized spacial score (nSPS) is 18.0. The summed E-state index contributed by atoms with van der Waals surface area (Å²) in [5.74, 6) is 1.14. The quantitative estimate of drug-likeness (QED) is 0.232. The lowest BCUT2D eigenvalue weighted by molar-refractivity contribution is 0.164. The van der Waals surface area contributed by atoms with E-state index in [-0.39, 0.29) is 28.1 Å². The third-order valence-corrected chi connectivity index (χ3v) is 10.5. The first-order chi connectivity index (χ1) is 17.9. The van der Waals surface area contributed by atoms with Crippen LogP contribution in [0.4, 0.5) is 5.69 Å². The maximum atomic E-state index is 12.8. The SMILES string of the molecule is Cl.O=S(=O)(Nc1ccccc1Oc1ccc2c(c1)C(C1(c3ccc(Cl)cc3)CCC1)NCC2)c1cccs1. The Bertz CT molecular complexity index is 1520. The van der Waals surface area contributed by atoms with Gasteiger partial charge in [0, 0.05) is 16.5 Å². The van der Waals surface area contributed by atoms with Crippen LogP contribution in [0.25, 0.3) is 0 Å². The Labute approximate surface area is 238 Å². The fourth-order valence-electron chi connectivity index (χ4n) is 5.55. The molecule has 1 fully saturated rings. The maximum absolute atomic E-state index is 12.8. The van der Waals surface area contributed by atoms with E-state index in [1.165, 1.54) is 34.4 Å². The van der Waals surface area contributed by atoms with Gasteiger partial charge in [-0.05, 0) is 90.3 Å². The Kier molecular flexibility index (Phi) is 7.76. The van der Waals surface area contributed by atoms with Crippen LogP contribution in [0.1, 0.15) is 42.0 Å². The number of hydrogen-bond donors (Lipinski definition) is 2. The van der Waals surface area contributed by atoms with E-state index in [2.05, 4.69) is 34.3 Å². The largest absolute Gasteiger partial charge is 0.455 e. The molecule has 1 saturated carbocycles. The van der Waals surface area contributed by atoms with Crippen LogP contribution >= 0.6 is 35.3 Å². The molecule has 1 atom stereocenters. The Morgan fingerprint density at radius 1 is 1.00 bits per heavy atom. The van der Waals surface area contributed by atoms with Gasteiger partial charge in [0.15, 0.2) is 5.75 Å². The van der Waals surface area contributed by atoms with Gasteiger partial charge in [-0.15, -0.1) is 23.7 Å². The number of fused-ring (bicyclic) bond motifs is 1. The molecule has 3 aromatic carbocycles. The molecular weight excluding hydrogens is 559 g/mol. The molecule has 1 unspecified atom stereocenters. The molecule has 0 saturated heterocycles. The highest BCUT2D eigenvalue weighted by Crippen LogP contribution is 2.54. The zero-order chi connectivity index (χ0) is 25.5. The molecule has 198 valence electrons. The van der Waals surface area contributed by atoms with E-state index >= 15 is 0 Å². The van der Waals surface area contributed by atoms with E-state index in [1.807, 2.05) is 24.3 Å². The van der Waals surface area contributed by atoms with Crippen molar-refractivity contribution in [3.63, 3.8) is 0 Å². The Balaban J connectivity index is 0.00000294. The highest BCUT2D eigenvalue weighted by Gasteiger charge is 2.47. The van der Waals surface area contributed by atoms with Crippen molar-refractivity contribution < 1.29 is 13.2 Å². The van der Waals surface area contributed by atoms with Crippen LogP contribution in [0, 0.1) is 0 Å². The fraction of sp³-hybridized carbons (Fsp3) is 0.241. The smallest absolute Gasteiger partial charge is 0.271 e. The summed E-state index contributed by atoms with van der Waals surface area (Å²) in [6.45, 7) is 0.931. The van der Waals surface area contributed by atoms with Crippen LogP contribution in [-0.2, 0) is 21.9 Å². The molecule has 0 radical (unpaired) electrons. The summed E-state index contributed by atoms with van der Waals surface area (Å²) in [4.78, 5) is 0. The van der Waals surface area contributed by atoms with Crippen LogP contribution < -0.4 is 14.8 Å². The van der Waals surface area contributed by atoms with Crippen LogP contribution in [-0.4, -0.2) is 15.0 Å². The molecule has 5 nitrogen and oxygen atoms in total. The summed E-state index contributed by atoms with van der Waals surface area (Å²) in [5.41, 5.74) is 4.30. The minimum absolute atomic E-state index is 0. The Hall–Kier alpha value is -2.55. The number of rotatable bonds is 7. The number of halogens is 2. The number of para-hydroxylation sites is 2. The molecular formula is C29H28Cl2N2O3S2. The first kappa shape index (κ1) is 27.0. The number of hydrogen-bond acceptors (Lipinski definition) is 5. The van der Waals surface area contributed by atoms with E-state index < -0.39 is 10.0 Å². The molecule has 0 amide bonds. The highest BCUT2D eigenvalue weighted by molar-refractivity contribution is 7.94. The van der Waals surface area contributed by atoms with Crippen LogP contribution in [0.15, 0.2) is 88.5 Å². The van der Waals surface area contributed by atoms with Crippen molar-refractivity contribution in [1.82, 2.24) is 5.32 Å². The average Bonchev–Trinajstić information content (AvgIpc) is 3.42. The molecule has 6 rings (SSSR count). The van der Waals surface area contributed by atoms with Crippen molar-refractivity contribution in [3.8, 4) is 11.5 Å². The lowest BCUT2D eigenvalue weighted by atomic mass is 9.58. The van der Waals surface area contributed by atoms with Crippen molar-refractivity contribution in [3.05, 3.63) is 106 Å². The minimum atomic E-state index is -3.69. The topological polar surface area (TPSA) is 67.4 Å². The van der Waals surface area contributed by atoms with Gasteiger partial charge >= 0.3 is 0 Å². The number of nitrogens with one attached hydrogen (secondary N) is 2. The van der Waals surface area contributed by atoms with Crippen molar-refractivity contribution in [1.29, 1.82) is 0 Å². The second-order valence-corrected chi connectivity index (χ2v) is 12.9. The Morgan fingerprint density at radius 2 is 1.79 bits per heavy atom. The van der Waals surface area contributed by atoms with Gasteiger partial charge in [-0.25, -0.2) is 8.42 Å². The lowest BCUT2D eigenvalue weighted by Gasteiger charge is -2.50. The molecule has 1 aliphatic heterocycles. The van der Waals surface area contributed by atoms with Gasteiger partial charge in [-0.2, -0.15) is 0 Å². The van der Waals surface area contributed by atoms with Crippen LogP contribution in [0.3, 0.4) is 0 Å². The maximum Gasteiger partial charge on any atom is 0.271 e. The van der Waals surface area contributed by atoms with Crippen LogP contribution in [0.5, 0.6) is 11.5 Å². The van der Waals surface area contributed by atoms with Gasteiger partial charge in [0.25, 0.3) is 10.0 Å². The molecule has 2 N–H and O–H groups in total. The van der Waals surface area contributed by atoms with Crippen molar-refractivity contribution in [2.45, 2.75) is 41.3 Å². The number of anilines is 1. The Morgan fingerprint density at radius 3 is 2.50 bits per heavy atom. The summed E-state index contributed by atoms with van der Waals surface area (Å²) < 4.78 is 34.9. The highest BCUT2D eigenvalue weighted by atomic mass is 35.5. The zero-order valence-corrected chi connectivity index (χ0v) is 23.7. The zero-order valence-electron chi connectivity index (χ0n) is 20.5. The summed E-state index contributed by atoms with van der Waals surface area (Å²) in [6, 6.07) is 25.1. The number of benzene rings is 3. The van der Waals surface area contributed by atoms with E-state index in [4.69, 9.17) is 16.3 Å². The lowest BCUT2D eigenvalue weighted by Crippen LogP contribution is -2.49. The number of thiophene rings is 1. The molecule has 0 spiro atoms.